The van der Waals surface area contributed by atoms with Crippen LogP contribution in [0.1, 0.15) is 37.0 Å². The average Bonchev–Trinajstić information content (AvgIpc) is 3.02. The van der Waals surface area contributed by atoms with Gasteiger partial charge in [0.15, 0.2) is 0 Å². The minimum Gasteiger partial charge on any atom is -0.352 e. The van der Waals surface area contributed by atoms with Crippen LogP contribution in [0.25, 0.3) is 0 Å². The first-order valence-corrected chi connectivity index (χ1v) is 16.4. The van der Waals surface area contributed by atoms with E-state index in [0.717, 1.165) is 27.4 Å². The van der Waals surface area contributed by atoms with E-state index in [1.807, 2.05) is 75.4 Å². The second kappa shape index (κ2) is 15.0. The fourth-order valence-corrected chi connectivity index (χ4v) is 6.42. The average molecular weight is 632 g/mol. The number of nitrogens with zero attached hydrogens (tertiary/aromatic N) is 2. The number of halogens is 1. The smallest absolute Gasteiger partial charge is 0.264 e. The van der Waals surface area contributed by atoms with E-state index in [-0.39, 0.29) is 35.5 Å². The number of aryl methyl sites for hydroxylation is 1. The van der Waals surface area contributed by atoms with Gasteiger partial charge < -0.3 is 10.2 Å². The topological polar surface area (TPSA) is 86.8 Å². The predicted molar refractivity (Wildman–Crippen MR) is 176 cm³/mol. The molecule has 0 aromatic heterocycles. The Hall–Kier alpha value is -4.14. The Balaban J connectivity index is 1.80. The number of carbonyl (C=O) groups is 2. The van der Waals surface area contributed by atoms with Crippen LogP contribution >= 0.6 is 11.6 Å². The summed E-state index contributed by atoms with van der Waals surface area (Å²) in [6, 6.07) is 30.5. The van der Waals surface area contributed by atoms with Gasteiger partial charge in [-0.3, -0.25) is 13.9 Å². The Kier molecular flexibility index (Phi) is 11.2. The van der Waals surface area contributed by atoms with Crippen molar-refractivity contribution in [2.75, 3.05) is 10.8 Å². The molecule has 0 radical (unpaired) electrons. The van der Waals surface area contributed by atoms with E-state index >= 15 is 0 Å². The standard InChI is InChI=1S/C35H38ClN3O4S/c1-4-27(3)37-35(41)33(23-28-13-7-5-8-14-28)38(24-29-15-11-12-26(2)22-29)34(40)25-39(31-20-18-30(36)19-21-31)44(42,43)32-16-9-6-10-17-32/h5-22,27,33H,4,23-25H2,1-3H3,(H,37,41)/t27-,33-/m1/s1. The van der Waals surface area contributed by atoms with Crippen molar-refractivity contribution in [3.05, 3.63) is 131 Å². The van der Waals surface area contributed by atoms with Crippen LogP contribution in [0.2, 0.25) is 5.02 Å². The normalized spacial score (nSPS) is 12.6. The van der Waals surface area contributed by atoms with Crippen molar-refractivity contribution in [1.82, 2.24) is 10.2 Å². The Morgan fingerprint density at radius 3 is 2.07 bits per heavy atom. The van der Waals surface area contributed by atoms with Crippen molar-refractivity contribution in [2.45, 2.75) is 57.1 Å². The molecule has 0 spiro atoms. The highest BCUT2D eigenvalue weighted by Crippen LogP contribution is 2.26. The van der Waals surface area contributed by atoms with Gasteiger partial charge in [0.2, 0.25) is 11.8 Å². The number of rotatable bonds is 13. The maximum absolute atomic E-state index is 14.5. The van der Waals surface area contributed by atoms with Crippen LogP contribution in [0, 0.1) is 6.92 Å². The van der Waals surface area contributed by atoms with Crippen molar-refractivity contribution in [3.63, 3.8) is 0 Å². The number of carbonyl (C=O) groups excluding carboxylic acids is 2. The number of sulfonamides is 1. The summed E-state index contributed by atoms with van der Waals surface area (Å²) < 4.78 is 29.1. The zero-order chi connectivity index (χ0) is 31.7. The number of anilines is 1. The van der Waals surface area contributed by atoms with E-state index in [4.69, 9.17) is 11.6 Å². The van der Waals surface area contributed by atoms with Crippen LogP contribution in [0.5, 0.6) is 0 Å². The Labute approximate surface area is 265 Å². The fraction of sp³-hybridized carbons (Fsp3) is 0.257. The second-order valence-corrected chi connectivity index (χ2v) is 13.1. The van der Waals surface area contributed by atoms with Gasteiger partial charge in [-0.1, -0.05) is 96.9 Å². The lowest BCUT2D eigenvalue weighted by atomic mass is 10.0. The van der Waals surface area contributed by atoms with Gasteiger partial charge in [-0.15, -0.1) is 0 Å². The molecule has 4 aromatic rings. The van der Waals surface area contributed by atoms with Crippen LogP contribution in [-0.2, 0) is 32.6 Å². The van der Waals surface area contributed by atoms with Gasteiger partial charge in [0, 0.05) is 24.0 Å². The third-order valence-electron chi connectivity index (χ3n) is 7.43. The molecule has 0 aliphatic rings. The van der Waals surface area contributed by atoms with Crippen molar-refractivity contribution < 1.29 is 18.0 Å². The quantitative estimate of drug-likeness (QED) is 0.185. The first-order valence-electron chi connectivity index (χ1n) is 14.6. The first kappa shape index (κ1) is 32.8. The van der Waals surface area contributed by atoms with Crippen LogP contribution in [-0.4, -0.2) is 43.8 Å². The SMILES string of the molecule is CC[C@@H](C)NC(=O)[C@@H](Cc1ccccc1)N(Cc1cccc(C)c1)C(=O)CN(c1ccc(Cl)cc1)S(=O)(=O)c1ccccc1. The van der Waals surface area contributed by atoms with Crippen LogP contribution in [0.3, 0.4) is 0 Å². The van der Waals surface area contributed by atoms with Gasteiger partial charge in [0.25, 0.3) is 10.0 Å². The summed E-state index contributed by atoms with van der Waals surface area (Å²) in [6.07, 6.45) is 0.975. The molecule has 4 rings (SSSR count). The van der Waals surface area contributed by atoms with Gasteiger partial charge >= 0.3 is 0 Å². The highest BCUT2D eigenvalue weighted by atomic mass is 35.5. The van der Waals surface area contributed by atoms with Crippen LogP contribution in [0.4, 0.5) is 5.69 Å². The van der Waals surface area contributed by atoms with E-state index in [2.05, 4.69) is 5.32 Å². The van der Waals surface area contributed by atoms with Gasteiger partial charge in [0.05, 0.1) is 10.6 Å². The molecule has 0 saturated carbocycles. The van der Waals surface area contributed by atoms with E-state index in [1.165, 1.54) is 17.0 Å². The fourth-order valence-electron chi connectivity index (χ4n) is 4.86. The first-order chi connectivity index (χ1) is 21.1. The number of amides is 2. The Morgan fingerprint density at radius 2 is 1.45 bits per heavy atom. The molecular weight excluding hydrogens is 594 g/mol. The molecule has 0 bridgehead atoms. The maximum Gasteiger partial charge on any atom is 0.264 e. The molecule has 4 aromatic carbocycles. The largest absolute Gasteiger partial charge is 0.352 e. The molecule has 1 N–H and O–H groups in total. The minimum absolute atomic E-state index is 0.0448. The zero-order valence-corrected chi connectivity index (χ0v) is 26.8. The summed E-state index contributed by atoms with van der Waals surface area (Å²) >= 11 is 6.13. The molecule has 7 nitrogen and oxygen atoms in total. The summed E-state index contributed by atoms with van der Waals surface area (Å²) in [4.78, 5) is 29.9. The number of hydrogen-bond donors (Lipinski definition) is 1. The molecule has 0 aliphatic carbocycles. The molecular formula is C35H38ClN3O4S. The minimum atomic E-state index is -4.16. The van der Waals surface area contributed by atoms with Crippen molar-refractivity contribution in [1.29, 1.82) is 0 Å². The van der Waals surface area contributed by atoms with Gasteiger partial charge in [-0.05, 0) is 67.8 Å². The van der Waals surface area contributed by atoms with Crippen LogP contribution in [0.15, 0.2) is 114 Å². The Bertz CT molecular complexity index is 1650. The third kappa shape index (κ3) is 8.49. The maximum atomic E-state index is 14.5. The molecule has 0 heterocycles. The number of hydrogen-bond acceptors (Lipinski definition) is 4. The lowest BCUT2D eigenvalue weighted by molar-refractivity contribution is -0.140. The van der Waals surface area contributed by atoms with Crippen molar-refractivity contribution >= 4 is 39.1 Å². The summed E-state index contributed by atoms with van der Waals surface area (Å²) in [7, 11) is -4.16. The monoisotopic (exact) mass is 631 g/mol. The molecule has 0 aliphatic heterocycles. The van der Waals surface area contributed by atoms with E-state index in [0.29, 0.717) is 5.02 Å². The van der Waals surface area contributed by atoms with Gasteiger partial charge in [0.1, 0.15) is 12.6 Å². The van der Waals surface area contributed by atoms with E-state index in [1.54, 1.807) is 42.5 Å². The van der Waals surface area contributed by atoms with Gasteiger partial charge in [-0.25, -0.2) is 8.42 Å². The molecule has 0 unspecified atom stereocenters. The lowest BCUT2D eigenvalue weighted by Crippen LogP contribution is -2.54. The molecule has 9 heteroatoms. The highest BCUT2D eigenvalue weighted by molar-refractivity contribution is 7.92. The Morgan fingerprint density at radius 1 is 0.841 bits per heavy atom. The molecule has 2 amide bonds. The van der Waals surface area contributed by atoms with Crippen LogP contribution < -0.4 is 9.62 Å². The molecule has 230 valence electrons. The lowest BCUT2D eigenvalue weighted by Gasteiger charge is -2.34. The second-order valence-electron chi connectivity index (χ2n) is 10.8. The zero-order valence-electron chi connectivity index (χ0n) is 25.2. The number of nitrogens with one attached hydrogen (secondary N) is 1. The van der Waals surface area contributed by atoms with E-state index < -0.39 is 28.5 Å². The summed E-state index contributed by atoms with van der Waals surface area (Å²) in [5, 5.41) is 3.48. The molecule has 2 atom stereocenters. The summed E-state index contributed by atoms with van der Waals surface area (Å²) in [5.41, 5.74) is 3.00. The highest BCUT2D eigenvalue weighted by Gasteiger charge is 2.35. The summed E-state index contributed by atoms with van der Waals surface area (Å²) in [5.74, 6) is -0.811. The van der Waals surface area contributed by atoms with Crippen molar-refractivity contribution in [2.24, 2.45) is 0 Å². The van der Waals surface area contributed by atoms with E-state index in [9.17, 15) is 18.0 Å². The number of benzene rings is 4. The summed E-state index contributed by atoms with van der Waals surface area (Å²) in [6.45, 7) is 5.45. The molecule has 0 fully saturated rings. The molecule has 44 heavy (non-hydrogen) atoms. The van der Waals surface area contributed by atoms with Gasteiger partial charge in [-0.2, -0.15) is 0 Å². The van der Waals surface area contributed by atoms with Crippen molar-refractivity contribution in [3.8, 4) is 0 Å². The predicted octanol–water partition coefficient (Wildman–Crippen LogP) is 6.40. The third-order valence-corrected chi connectivity index (χ3v) is 9.47. The molecule has 0 saturated heterocycles.